The molecule has 10 heavy (non-hydrogen) atoms. The van der Waals surface area contributed by atoms with Crippen LogP contribution in [0.5, 0.6) is 0 Å². The van der Waals surface area contributed by atoms with Crippen molar-refractivity contribution in [3.63, 3.8) is 0 Å². The number of hydrogen-bond acceptors (Lipinski definition) is 6. The second-order valence-corrected chi connectivity index (χ2v) is 2.71. The van der Waals surface area contributed by atoms with Crippen molar-refractivity contribution < 1.29 is 18.0 Å². The SMILES string of the molecule is CC(=O)OSSOC(C)=O. The summed E-state index contributed by atoms with van der Waals surface area (Å²) in [5, 5.41) is 0. The van der Waals surface area contributed by atoms with Gasteiger partial charge in [-0.2, -0.15) is 0 Å². The average Bonchev–Trinajstić information content (AvgIpc) is 1.79. The van der Waals surface area contributed by atoms with Crippen LogP contribution in [-0.4, -0.2) is 11.9 Å². The molecule has 4 nitrogen and oxygen atoms in total. The molecule has 0 radical (unpaired) electrons. The summed E-state index contributed by atoms with van der Waals surface area (Å²) < 4.78 is 8.71. The van der Waals surface area contributed by atoms with Crippen molar-refractivity contribution in [3.05, 3.63) is 0 Å². The minimum absolute atomic E-state index is 0.426. The van der Waals surface area contributed by atoms with Crippen LogP contribution in [0.15, 0.2) is 0 Å². The number of carbonyl (C=O) groups excluding carboxylic acids is 2. The van der Waals surface area contributed by atoms with Crippen LogP contribution >= 0.6 is 22.1 Å². The Morgan fingerprint density at radius 1 is 1.00 bits per heavy atom. The lowest BCUT2D eigenvalue weighted by atomic mass is 10.9. The van der Waals surface area contributed by atoms with Crippen molar-refractivity contribution >= 4 is 34.1 Å². The van der Waals surface area contributed by atoms with Crippen LogP contribution in [0.2, 0.25) is 0 Å². The van der Waals surface area contributed by atoms with Gasteiger partial charge in [-0.25, -0.2) is 0 Å². The van der Waals surface area contributed by atoms with Gasteiger partial charge >= 0.3 is 11.9 Å². The highest BCUT2D eigenvalue weighted by atomic mass is 33.1. The summed E-state index contributed by atoms with van der Waals surface area (Å²) in [5.74, 6) is -0.852. The second-order valence-electron chi connectivity index (χ2n) is 1.29. The van der Waals surface area contributed by atoms with Gasteiger partial charge in [-0.1, -0.05) is 0 Å². The molecule has 0 saturated heterocycles. The van der Waals surface area contributed by atoms with Gasteiger partial charge in [0.05, 0.1) is 0 Å². The summed E-state index contributed by atoms with van der Waals surface area (Å²) >= 11 is 1.43. The quantitative estimate of drug-likeness (QED) is 0.373. The summed E-state index contributed by atoms with van der Waals surface area (Å²) in [4.78, 5) is 20.2. The Morgan fingerprint density at radius 3 is 1.50 bits per heavy atom. The topological polar surface area (TPSA) is 52.6 Å². The molecule has 0 spiro atoms. The average molecular weight is 182 g/mol. The first-order valence-electron chi connectivity index (χ1n) is 2.32. The highest BCUT2D eigenvalue weighted by Crippen LogP contribution is 2.23. The fourth-order valence-corrected chi connectivity index (χ4v) is 1.11. The lowest BCUT2D eigenvalue weighted by molar-refractivity contribution is -0.131. The summed E-state index contributed by atoms with van der Waals surface area (Å²) in [5.41, 5.74) is 0. The zero-order valence-electron chi connectivity index (χ0n) is 5.45. The molecule has 0 aromatic carbocycles. The van der Waals surface area contributed by atoms with E-state index in [9.17, 15) is 9.59 Å². The molecular weight excluding hydrogens is 176 g/mol. The highest BCUT2D eigenvalue weighted by molar-refractivity contribution is 8.73. The minimum atomic E-state index is -0.426. The molecule has 0 bridgehead atoms. The van der Waals surface area contributed by atoms with Gasteiger partial charge in [0.15, 0.2) is 22.1 Å². The molecule has 58 valence electrons. The fourth-order valence-electron chi connectivity index (χ4n) is 0.124. The predicted octanol–water partition coefficient (Wildman–Crippen LogP) is 1.32. The largest absolute Gasteiger partial charge is 0.376 e. The Kier molecular flexibility index (Phi) is 5.23. The summed E-state index contributed by atoms with van der Waals surface area (Å²) in [6.07, 6.45) is 0. The molecule has 6 heteroatoms. The van der Waals surface area contributed by atoms with Gasteiger partial charge in [-0.15, -0.1) is 0 Å². The highest BCUT2D eigenvalue weighted by Gasteiger charge is 1.98. The van der Waals surface area contributed by atoms with E-state index in [1.807, 2.05) is 0 Å². The van der Waals surface area contributed by atoms with Crippen molar-refractivity contribution in [2.24, 2.45) is 0 Å². The van der Waals surface area contributed by atoms with E-state index in [1.54, 1.807) is 0 Å². The van der Waals surface area contributed by atoms with E-state index in [4.69, 9.17) is 0 Å². The summed E-state index contributed by atoms with van der Waals surface area (Å²) in [6.45, 7) is 2.53. The van der Waals surface area contributed by atoms with Crippen molar-refractivity contribution in [2.45, 2.75) is 13.8 Å². The molecule has 0 atom stereocenters. The van der Waals surface area contributed by atoms with Crippen LogP contribution < -0.4 is 0 Å². The van der Waals surface area contributed by atoms with E-state index in [0.29, 0.717) is 22.1 Å². The number of rotatable bonds is 3. The minimum Gasteiger partial charge on any atom is -0.376 e. The van der Waals surface area contributed by atoms with E-state index in [-0.39, 0.29) is 0 Å². The molecule has 0 amide bonds. The third kappa shape index (κ3) is 7.64. The van der Waals surface area contributed by atoms with Crippen LogP contribution in [0.3, 0.4) is 0 Å². The fraction of sp³-hybridized carbons (Fsp3) is 0.500. The van der Waals surface area contributed by atoms with Gasteiger partial charge in [0.1, 0.15) is 0 Å². The molecule has 0 aliphatic rings. The maximum absolute atomic E-state index is 10.1. The molecule has 0 aliphatic heterocycles. The van der Waals surface area contributed by atoms with Crippen LogP contribution in [0.4, 0.5) is 0 Å². The Balaban J connectivity index is 3.06. The zero-order chi connectivity index (χ0) is 7.98. The smallest absolute Gasteiger partial charge is 0.315 e. The summed E-state index contributed by atoms with van der Waals surface area (Å²) in [7, 11) is 0. The third-order valence-corrected chi connectivity index (χ3v) is 1.57. The summed E-state index contributed by atoms with van der Waals surface area (Å²) in [6, 6.07) is 0. The molecule has 0 N–H and O–H groups in total. The molecule has 0 aromatic heterocycles. The molecule has 0 fully saturated rings. The maximum Gasteiger partial charge on any atom is 0.315 e. The maximum atomic E-state index is 10.1. The van der Waals surface area contributed by atoms with E-state index >= 15 is 0 Å². The molecule has 0 aliphatic carbocycles. The first-order valence-corrected chi connectivity index (χ1v) is 4.32. The molecule has 0 heterocycles. The van der Waals surface area contributed by atoms with Gasteiger partial charge in [-0.3, -0.25) is 9.59 Å². The van der Waals surface area contributed by atoms with E-state index < -0.39 is 11.9 Å². The van der Waals surface area contributed by atoms with E-state index in [2.05, 4.69) is 8.37 Å². The molecule has 0 aromatic rings. The van der Waals surface area contributed by atoms with Crippen molar-refractivity contribution in [1.29, 1.82) is 0 Å². The van der Waals surface area contributed by atoms with Gasteiger partial charge in [0.25, 0.3) is 0 Å². The number of carbonyl (C=O) groups is 2. The lowest BCUT2D eigenvalue weighted by Gasteiger charge is -1.95. The first-order chi connectivity index (χ1) is 4.63. The van der Waals surface area contributed by atoms with Crippen molar-refractivity contribution in [2.75, 3.05) is 0 Å². The van der Waals surface area contributed by atoms with Gasteiger partial charge in [-0.05, 0) is 0 Å². The van der Waals surface area contributed by atoms with Gasteiger partial charge in [0.2, 0.25) is 0 Å². The molecule has 0 rings (SSSR count). The van der Waals surface area contributed by atoms with E-state index in [0.717, 1.165) is 0 Å². The van der Waals surface area contributed by atoms with Crippen molar-refractivity contribution in [3.8, 4) is 0 Å². The van der Waals surface area contributed by atoms with Crippen LogP contribution in [0.25, 0.3) is 0 Å². The second kappa shape index (κ2) is 5.43. The Morgan fingerprint density at radius 2 is 1.30 bits per heavy atom. The van der Waals surface area contributed by atoms with Crippen LogP contribution in [0, 0.1) is 0 Å². The molecule has 0 saturated carbocycles. The first kappa shape index (κ1) is 9.64. The lowest BCUT2D eigenvalue weighted by Crippen LogP contribution is -1.90. The monoisotopic (exact) mass is 182 g/mol. The Labute approximate surface area is 66.4 Å². The number of hydrogen-bond donors (Lipinski definition) is 0. The Bertz CT molecular complexity index is 119. The predicted molar refractivity (Wildman–Crippen MR) is 38.7 cm³/mol. The third-order valence-electron chi connectivity index (χ3n) is 0.331. The van der Waals surface area contributed by atoms with Crippen LogP contribution in [-0.2, 0) is 18.0 Å². The van der Waals surface area contributed by atoms with Gasteiger partial charge in [0, 0.05) is 13.8 Å². The Hall–Kier alpha value is -0.360. The zero-order valence-corrected chi connectivity index (χ0v) is 7.08. The van der Waals surface area contributed by atoms with E-state index in [1.165, 1.54) is 13.8 Å². The standard InChI is InChI=1S/C4H6O4S2/c1-3(5)7-9-10-8-4(2)6/h1-2H3. The molecular formula is C4H6O4S2. The van der Waals surface area contributed by atoms with Crippen LogP contribution in [0.1, 0.15) is 13.8 Å². The molecule has 0 unspecified atom stereocenters. The van der Waals surface area contributed by atoms with Crippen molar-refractivity contribution in [1.82, 2.24) is 0 Å². The normalized spacial score (nSPS) is 8.60. The van der Waals surface area contributed by atoms with Gasteiger partial charge < -0.3 is 8.37 Å².